The third-order valence-corrected chi connectivity index (χ3v) is 2.89. The van der Waals surface area contributed by atoms with Gasteiger partial charge in [-0.05, 0) is 37.8 Å². The summed E-state index contributed by atoms with van der Waals surface area (Å²) in [6, 6.07) is 2.91. The number of rotatable bonds is 5. The topological polar surface area (TPSA) is 79.5 Å². The highest BCUT2D eigenvalue weighted by Gasteiger charge is 2.23. The van der Waals surface area contributed by atoms with Gasteiger partial charge in [-0.3, -0.25) is 4.79 Å². The second-order valence-corrected chi connectivity index (χ2v) is 4.45. The Morgan fingerprint density at radius 3 is 2.78 bits per heavy atom. The minimum absolute atomic E-state index is 0.121. The number of carbonyl (C=O) groups is 2. The summed E-state index contributed by atoms with van der Waals surface area (Å²) in [6.07, 6.45) is 3.92. The summed E-state index contributed by atoms with van der Waals surface area (Å²) in [7, 11) is 0. The Labute approximate surface area is 104 Å². The van der Waals surface area contributed by atoms with E-state index in [1.165, 1.54) is 6.07 Å². The summed E-state index contributed by atoms with van der Waals surface area (Å²) in [5.41, 5.74) is 1.10. The van der Waals surface area contributed by atoms with Crippen LogP contribution in [0.2, 0.25) is 0 Å². The molecule has 0 aliphatic heterocycles. The van der Waals surface area contributed by atoms with Gasteiger partial charge in [0, 0.05) is 6.08 Å². The number of furan rings is 1. The van der Waals surface area contributed by atoms with E-state index >= 15 is 0 Å². The molecule has 1 aromatic rings. The second kappa shape index (κ2) is 5.08. The van der Waals surface area contributed by atoms with E-state index in [0.29, 0.717) is 11.7 Å². The van der Waals surface area contributed by atoms with Crippen molar-refractivity contribution in [2.45, 2.75) is 26.3 Å². The number of carboxylic acid groups (broad SMARTS) is 1. The Morgan fingerprint density at radius 2 is 2.22 bits per heavy atom. The number of hydrogen-bond acceptors (Lipinski definition) is 3. The average Bonchev–Trinajstić information content (AvgIpc) is 3.05. The lowest BCUT2D eigenvalue weighted by molar-refractivity contribution is -0.116. The van der Waals surface area contributed by atoms with E-state index in [4.69, 9.17) is 9.52 Å². The van der Waals surface area contributed by atoms with E-state index in [0.717, 1.165) is 18.4 Å². The van der Waals surface area contributed by atoms with E-state index in [1.54, 1.807) is 12.1 Å². The SMILES string of the molecule is CC(=CC(=O)NCc1ccc(C(=O)O)o1)C1CC1. The van der Waals surface area contributed by atoms with Crippen molar-refractivity contribution >= 4 is 11.9 Å². The number of nitrogens with one attached hydrogen (secondary N) is 1. The summed E-state index contributed by atoms with van der Waals surface area (Å²) < 4.78 is 5.03. The summed E-state index contributed by atoms with van der Waals surface area (Å²) in [6.45, 7) is 2.15. The molecule has 5 nitrogen and oxygen atoms in total. The van der Waals surface area contributed by atoms with Crippen LogP contribution in [0.25, 0.3) is 0 Å². The zero-order valence-electron chi connectivity index (χ0n) is 10.1. The fraction of sp³-hybridized carbons (Fsp3) is 0.385. The van der Waals surface area contributed by atoms with Gasteiger partial charge >= 0.3 is 5.97 Å². The van der Waals surface area contributed by atoms with Crippen LogP contribution in [-0.4, -0.2) is 17.0 Å². The van der Waals surface area contributed by atoms with Gasteiger partial charge in [-0.1, -0.05) is 5.57 Å². The molecular weight excluding hydrogens is 234 g/mol. The van der Waals surface area contributed by atoms with Crippen molar-refractivity contribution in [2.24, 2.45) is 5.92 Å². The van der Waals surface area contributed by atoms with E-state index in [-0.39, 0.29) is 18.2 Å². The van der Waals surface area contributed by atoms with Gasteiger partial charge < -0.3 is 14.8 Å². The van der Waals surface area contributed by atoms with Crippen molar-refractivity contribution in [1.29, 1.82) is 0 Å². The Balaban J connectivity index is 1.84. The minimum atomic E-state index is -1.11. The van der Waals surface area contributed by atoms with Crippen LogP contribution in [-0.2, 0) is 11.3 Å². The van der Waals surface area contributed by atoms with Gasteiger partial charge in [0.05, 0.1) is 6.54 Å². The number of aromatic carboxylic acids is 1. The van der Waals surface area contributed by atoms with Crippen molar-refractivity contribution in [3.63, 3.8) is 0 Å². The fourth-order valence-electron chi connectivity index (χ4n) is 1.68. The zero-order chi connectivity index (χ0) is 13.1. The molecule has 0 bridgehead atoms. The molecule has 1 fully saturated rings. The number of allylic oxidation sites excluding steroid dienone is 1. The largest absolute Gasteiger partial charge is 0.475 e. The predicted octanol–water partition coefficient (Wildman–Crippen LogP) is 1.95. The first-order valence-electron chi connectivity index (χ1n) is 5.84. The van der Waals surface area contributed by atoms with Crippen molar-refractivity contribution < 1.29 is 19.1 Å². The second-order valence-electron chi connectivity index (χ2n) is 4.45. The third-order valence-electron chi connectivity index (χ3n) is 2.89. The number of hydrogen-bond donors (Lipinski definition) is 2. The number of carboxylic acids is 1. The molecule has 0 atom stereocenters. The maximum absolute atomic E-state index is 11.6. The van der Waals surface area contributed by atoms with E-state index in [2.05, 4.69) is 5.32 Å². The van der Waals surface area contributed by atoms with Gasteiger partial charge in [0.15, 0.2) is 0 Å². The van der Waals surface area contributed by atoms with Gasteiger partial charge in [0.1, 0.15) is 5.76 Å². The van der Waals surface area contributed by atoms with Crippen molar-refractivity contribution in [1.82, 2.24) is 5.32 Å². The lowest BCUT2D eigenvalue weighted by atomic mass is 10.2. The van der Waals surface area contributed by atoms with Gasteiger partial charge in [0.2, 0.25) is 11.7 Å². The van der Waals surface area contributed by atoms with Gasteiger partial charge in [-0.2, -0.15) is 0 Å². The van der Waals surface area contributed by atoms with E-state index in [1.807, 2.05) is 6.92 Å². The smallest absolute Gasteiger partial charge is 0.371 e. The molecule has 0 unspecified atom stereocenters. The Kier molecular flexibility index (Phi) is 3.50. The van der Waals surface area contributed by atoms with Crippen LogP contribution in [0.15, 0.2) is 28.2 Å². The maximum Gasteiger partial charge on any atom is 0.371 e. The molecule has 0 aromatic carbocycles. The molecule has 0 spiro atoms. The Hall–Kier alpha value is -2.04. The molecule has 96 valence electrons. The molecule has 2 rings (SSSR count). The third kappa shape index (κ3) is 3.23. The molecule has 1 saturated carbocycles. The van der Waals surface area contributed by atoms with Crippen LogP contribution in [0.4, 0.5) is 0 Å². The van der Waals surface area contributed by atoms with Gasteiger partial charge in [-0.25, -0.2) is 4.79 Å². The number of carbonyl (C=O) groups excluding carboxylic acids is 1. The van der Waals surface area contributed by atoms with Crippen LogP contribution < -0.4 is 5.32 Å². The van der Waals surface area contributed by atoms with Crippen molar-refractivity contribution in [3.8, 4) is 0 Å². The molecule has 0 saturated heterocycles. The normalized spacial score (nSPS) is 15.5. The van der Waals surface area contributed by atoms with Crippen LogP contribution in [0.5, 0.6) is 0 Å². The van der Waals surface area contributed by atoms with Gasteiger partial charge in [-0.15, -0.1) is 0 Å². The average molecular weight is 249 g/mol. The molecule has 2 N–H and O–H groups in total. The highest BCUT2D eigenvalue weighted by molar-refractivity contribution is 5.88. The summed E-state index contributed by atoms with van der Waals surface area (Å²) in [5, 5.41) is 11.3. The zero-order valence-corrected chi connectivity index (χ0v) is 10.1. The first-order chi connectivity index (χ1) is 8.56. The van der Waals surface area contributed by atoms with Gasteiger partial charge in [0.25, 0.3) is 0 Å². The molecule has 1 heterocycles. The molecule has 1 aliphatic carbocycles. The fourth-order valence-corrected chi connectivity index (χ4v) is 1.68. The van der Waals surface area contributed by atoms with Crippen LogP contribution in [0, 0.1) is 5.92 Å². The molecule has 1 aliphatic rings. The highest BCUT2D eigenvalue weighted by Crippen LogP contribution is 2.35. The van der Waals surface area contributed by atoms with E-state index < -0.39 is 5.97 Å². The molecule has 5 heteroatoms. The monoisotopic (exact) mass is 249 g/mol. The molecular formula is C13H15NO4. The quantitative estimate of drug-likeness (QED) is 0.782. The maximum atomic E-state index is 11.6. The summed E-state index contributed by atoms with van der Waals surface area (Å²) in [4.78, 5) is 22.1. The predicted molar refractivity (Wildman–Crippen MR) is 64.0 cm³/mol. The van der Waals surface area contributed by atoms with Crippen LogP contribution in [0.3, 0.4) is 0 Å². The standard InChI is InChI=1S/C13H15NO4/c1-8(9-2-3-9)6-12(15)14-7-10-4-5-11(18-10)13(16)17/h4-6,9H,2-3,7H2,1H3,(H,14,15)(H,16,17). The van der Waals surface area contributed by atoms with E-state index in [9.17, 15) is 9.59 Å². The van der Waals surface area contributed by atoms with Crippen LogP contribution >= 0.6 is 0 Å². The summed E-state index contributed by atoms with van der Waals surface area (Å²) in [5.74, 6) is -0.412. The summed E-state index contributed by atoms with van der Waals surface area (Å²) >= 11 is 0. The van der Waals surface area contributed by atoms with Crippen LogP contribution in [0.1, 0.15) is 36.1 Å². The lowest BCUT2D eigenvalue weighted by Crippen LogP contribution is -2.20. The molecule has 0 radical (unpaired) electrons. The molecule has 18 heavy (non-hydrogen) atoms. The molecule has 1 amide bonds. The van der Waals surface area contributed by atoms with Crippen molar-refractivity contribution in [3.05, 3.63) is 35.3 Å². The Bertz CT molecular complexity index is 497. The highest BCUT2D eigenvalue weighted by atomic mass is 16.4. The lowest BCUT2D eigenvalue weighted by Gasteiger charge is -2.00. The first kappa shape index (κ1) is 12.4. The molecule has 1 aromatic heterocycles. The minimum Gasteiger partial charge on any atom is -0.475 e. The first-order valence-corrected chi connectivity index (χ1v) is 5.84. The number of amides is 1. The Morgan fingerprint density at radius 1 is 1.50 bits per heavy atom. The van der Waals surface area contributed by atoms with Crippen molar-refractivity contribution in [2.75, 3.05) is 0 Å².